The van der Waals surface area contributed by atoms with Gasteiger partial charge < -0.3 is 10.2 Å². The maximum Gasteiger partial charge on any atom is 0.341 e. The highest BCUT2D eigenvalue weighted by atomic mass is 16.4. The lowest BCUT2D eigenvalue weighted by Gasteiger charge is -2.11. The van der Waals surface area contributed by atoms with E-state index >= 15 is 0 Å². The number of benzene rings is 1. The van der Waals surface area contributed by atoms with Crippen molar-refractivity contribution in [3.05, 3.63) is 76.6 Å². The summed E-state index contributed by atoms with van der Waals surface area (Å²) in [6.45, 7) is 12.1. The van der Waals surface area contributed by atoms with Crippen molar-refractivity contribution in [1.82, 2.24) is 0 Å². The number of carboxylic acid groups (broad SMARTS) is 1. The van der Waals surface area contributed by atoms with E-state index in [1.807, 2.05) is 45.9 Å². The Morgan fingerprint density at radius 2 is 1.96 bits per heavy atom. The number of hydrogen-bond acceptors (Lipinski definition) is 3. The molecule has 0 spiro atoms. The summed E-state index contributed by atoms with van der Waals surface area (Å²) >= 11 is 0. The molecule has 0 saturated carbocycles. The number of allylic oxidation sites excluding steroid dienone is 5. The number of aliphatic imine (C=N–C) groups is 1. The largest absolute Gasteiger partial charge is 0.507 e. The monoisotopic (exact) mass is 353 g/mol. The first kappa shape index (κ1) is 21.2. The fourth-order valence-corrected chi connectivity index (χ4v) is 2.42. The molecule has 0 atom stereocenters. The van der Waals surface area contributed by atoms with Crippen LogP contribution in [0.1, 0.15) is 38.3 Å². The van der Waals surface area contributed by atoms with Crippen LogP contribution in [-0.4, -0.2) is 28.9 Å². The lowest BCUT2D eigenvalue weighted by molar-refractivity contribution is -0.132. The second kappa shape index (κ2) is 10.2. The molecule has 0 aliphatic rings. The van der Waals surface area contributed by atoms with E-state index in [1.165, 1.54) is 12.3 Å². The fraction of sp³-hybridized carbons (Fsp3) is 0.273. The van der Waals surface area contributed by atoms with Crippen LogP contribution in [0.3, 0.4) is 0 Å². The molecule has 0 heterocycles. The molecule has 26 heavy (non-hydrogen) atoms. The third-order valence-electron chi connectivity index (χ3n) is 3.96. The Kier molecular flexibility index (Phi) is 8.29. The summed E-state index contributed by atoms with van der Waals surface area (Å²) in [5.74, 6) is -1.53. The zero-order valence-electron chi connectivity index (χ0n) is 15.9. The first-order valence-electron chi connectivity index (χ1n) is 8.57. The van der Waals surface area contributed by atoms with E-state index < -0.39 is 5.97 Å². The van der Waals surface area contributed by atoms with Gasteiger partial charge in [-0.25, -0.2) is 4.79 Å². The predicted molar refractivity (Wildman–Crippen MR) is 109 cm³/mol. The van der Waals surface area contributed by atoms with E-state index in [0.717, 1.165) is 34.3 Å². The van der Waals surface area contributed by atoms with Crippen LogP contribution < -0.4 is 0 Å². The van der Waals surface area contributed by atoms with Crippen molar-refractivity contribution in [2.45, 2.75) is 34.1 Å². The number of carboxylic acids is 1. The Morgan fingerprint density at radius 3 is 2.50 bits per heavy atom. The molecule has 1 rings (SSSR count). The van der Waals surface area contributed by atoms with Gasteiger partial charge in [-0.15, -0.1) is 0 Å². The van der Waals surface area contributed by atoms with Crippen LogP contribution in [0.5, 0.6) is 0 Å². The van der Waals surface area contributed by atoms with Crippen molar-refractivity contribution in [3.63, 3.8) is 0 Å². The zero-order valence-corrected chi connectivity index (χ0v) is 15.9. The highest BCUT2D eigenvalue weighted by Crippen LogP contribution is 2.26. The number of aliphatic hydroxyl groups is 1. The minimum atomic E-state index is -1.21. The Balaban J connectivity index is 3.36. The summed E-state index contributed by atoms with van der Waals surface area (Å²) in [7, 11) is 0. The smallest absolute Gasteiger partial charge is 0.341 e. The van der Waals surface area contributed by atoms with Crippen molar-refractivity contribution in [2.24, 2.45) is 4.99 Å². The average Bonchev–Trinajstić information content (AvgIpc) is 2.58. The van der Waals surface area contributed by atoms with E-state index in [4.69, 9.17) is 0 Å². The summed E-state index contributed by atoms with van der Waals surface area (Å²) in [6.07, 6.45) is 5.23. The van der Waals surface area contributed by atoms with E-state index in [9.17, 15) is 15.0 Å². The number of carbonyl (C=O) groups is 1. The van der Waals surface area contributed by atoms with Gasteiger partial charge in [0.1, 0.15) is 11.3 Å². The molecule has 0 unspecified atom stereocenters. The summed E-state index contributed by atoms with van der Waals surface area (Å²) in [5.41, 5.74) is 4.54. The Morgan fingerprint density at radius 1 is 1.27 bits per heavy atom. The minimum absolute atomic E-state index is 0.221. The predicted octanol–water partition coefficient (Wildman–Crippen LogP) is 5.28. The molecule has 4 heteroatoms. The molecule has 0 fully saturated rings. The molecule has 1 aromatic carbocycles. The van der Waals surface area contributed by atoms with Crippen molar-refractivity contribution in [2.75, 3.05) is 6.54 Å². The minimum Gasteiger partial charge on any atom is -0.507 e. The first-order chi connectivity index (χ1) is 12.3. The second-order valence-electron chi connectivity index (χ2n) is 6.08. The highest BCUT2D eigenvalue weighted by Gasteiger charge is 2.12. The highest BCUT2D eigenvalue weighted by molar-refractivity contribution is 6.09. The van der Waals surface area contributed by atoms with Gasteiger partial charge >= 0.3 is 5.97 Å². The molecule has 0 radical (unpaired) electrons. The van der Waals surface area contributed by atoms with Crippen LogP contribution in [-0.2, 0) is 4.79 Å². The van der Waals surface area contributed by atoms with Gasteiger partial charge in [-0.1, -0.05) is 49.4 Å². The van der Waals surface area contributed by atoms with Gasteiger partial charge in [0.05, 0.1) is 0 Å². The lowest BCUT2D eigenvalue weighted by Crippen LogP contribution is -2.06. The molecule has 0 amide bonds. The van der Waals surface area contributed by atoms with Crippen LogP contribution in [0.2, 0.25) is 0 Å². The Bertz CT molecular complexity index is 795. The number of aryl methyl sites for hydroxylation is 1. The molecule has 0 saturated heterocycles. The summed E-state index contributed by atoms with van der Waals surface area (Å²) in [5, 5.41) is 19.5. The third-order valence-corrected chi connectivity index (χ3v) is 3.96. The van der Waals surface area contributed by atoms with Gasteiger partial charge in [0.15, 0.2) is 0 Å². The van der Waals surface area contributed by atoms with Crippen molar-refractivity contribution in [1.29, 1.82) is 0 Å². The van der Waals surface area contributed by atoms with Crippen LogP contribution in [0.25, 0.3) is 5.57 Å². The van der Waals surface area contributed by atoms with Crippen LogP contribution in [0.15, 0.2) is 70.5 Å². The Hall–Kier alpha value is -2.88. The number of aliphatic hydroxyl groups excluding tert-OH is 1. The quantitative estimate of drug-likeness (QED) is 0.289. The molecule has 0 aromatic heterocycles. The topological polar surface area (TPSA) is 69.9 Å². The molecule has 0 aliphatic carbocycles. The van der Waals surface area contributed by atoms with Gasteiger partial charge in [0, 0.05) is 12.8 Å². The maximum atomic E-state index is 11.4. The number of nitrogens with zero attached hydrogens (tertiary/aromatic N) is 1. The SMILES string of the molecule is C=C/C(=C(C)/C(C)=C/C(O)=C(\C=NCCC)C(=O)O)c1cccc(C)c1. The average molecular weight is 353 g/mol. The maximum absolute atomic E-state index is 11.4. The molecule has 2 N–H and O–H groups in total. The van der Waals surface area contributed by atoms with E-state index in [0.29, 0.717) is 6.54 Å². The molecule has 138 valence electrons. The van der Waals surface area contributed by atoms with Crippen LogP contribution >= 0.6 is 0 Å². The van der Waals surface area contributed by atoms with Crippen molar-refractivity contribution < 1.29 is 15.0 Å². The molecular formula is C22H27NO3. The Labute approximate surface area is 155 Å². The van der Waals surface area contributed by atoms with Gasteiger partial charge in [-0.05, 0) is 55.6 Å². The first-order valence-corrected chi connectivity index (χ1v) is 8.57. The number of aliphatic carboxylic acids is 1. The molecular weight excluding hydrogens is 326 g/mol. The summed E-state index contributed by atoms with van der Waals surface area (Å²) in [4.78, 5) is 15.4. The van der Waals surface area contributed by atoms with E-state index in [2.05, 4.69) is 17.6 Å². The summed E-state index contributed by atoms with van der Waals surface area (Å²) in [6, 6.07) is 8.05. The molecule has 0 bridgehead atoms. The molecule has 0 aliphatic heterocycles. The summed E-state index contributed by atoms with van der Waals surface area (Å²) < 4.78 is 0. The molecule has 1 aromatic rings. The van der Waals surface area contributed by atoms with E-state index in [-0.39, 0.29) is 11.3 Å². The molecule has 4 nitrogen and oxygen atoms in total. The van der Waals surface area contributed by atoms with E-state index in [1.54, 1.807) is 6.08 Å². The normalized spacial score (nSPS) is 14.1. The van der Waals surface area contributed by atoms with Gasteiger partial charge in [0.2, 0.25) is 0 Å². The number of hydrogen-bond donors (Lipinski definition) is 2. The van der Waals surface area contributed by atoms with Gasteiger partial charge in [-0.2, -0.15) is 0 Å². The fourth-order valence-electron chi connectivity index (χ4n) is 2.42. The lowest BCUT2D eigenvalue weighted by atomic mass is 9.95. The van der Waals surface area contributed by atoms with Gasteiger partial charge in [0.25, 0.3) is 0 Å². The van der Waals surface area contributed by atoms with Crippen LogP contribution in [0, 0.1) is 6.92 Å². The standard InChI is InChI=1S/C22H27NO3/c1-6-11-23-14-20(22(25)26)21(24)13-16(4)17(5)19(7-2)18-10-8-9-15(3)12-18/h7-10,12-14,24H,2,6,11H2,1,3-5H3,(H,25,26)/b16-13+,19-17-,21-20-,23-14?. The second-order valence-corrected chi connectivity index (χ2v) is 6.08. The third kappa shape index (κ3) is 5.88. The van der Waals surface area contributed by atoms with Gasteiger partial charge in [-0.3, -0.25) is 4.99 Å². The number of rotatable bonds is 8. The van der Waals surface area contributed by atoms with Crippen LogP contribution in [0.4, 0.5) is 0 Å². The van der Waals surface area contributed by atoms with Crippen molar-refractivity contribution in [3.8, 4) is 0 Å². The zero-order chi connectivity index (χ0) is 19.7. The van der Waals surface area contributed by atoms with Crippen molar-refractivity contribution >= 4 is 17.8 Å².